The van der Waals surface area contributed by atoms with Crippen LogP contribution in [0.4, 0.5) is 0 Å². The van der Waals surface area contributed by atoms with Gasteiger partial charge in [-0.25, -0.2) is 9.59 Å². The average molecular weight is 346 g/mol. The lowest BCUT2D eigenvalue weighted by atomic mass is 9.46. The van der Waals surface area contributed by atoms with Crippen LogP contribution in [-0.4, -0.2) is 29.4 Å². The highest BCUT2D eigenvalue weighted by molar-refractivity contribution is 6.01. The maximum Gasteiger partial charge on any atom is 0.334 e. The normalized spacial score (nSPS) is 37.9. The summed E-state index contributed by atoms with van der Waals surface area (Å²) in [5.74, 6) is -0.991. The van der Waals surface area contributed by atoms with Gasteiger partial charge in [0.25, 0.3) is 0 Å². The number of ether oxygens (including phenoxy) is 1. The lowest BCUT2D eigenvalue weighted by molar-refractivity contribution is -0.140. The molecule has 1 aliphatic heterocycles. The van der Waals surface area contributed by atoms with E-state index in [4.69, 9.17) is 4.74 Å². The Morgan fingerprint density at radius 1 is 1.36 bits per heavy atom. The van der Waals surface area contributed by atoms with E-state index < -0.39 is 11.4 Å². The fraction of sp³-hybridized carbons (Fsp3) is 0.650. The summed E-state index contributed by atoms with van der Waals surface area (Å²) >= 11 is 0. The number of carbonyl (C=O) groups excluding carboxylic acids is 2. The Balaban J connectivity index is 1.92. The van der Waals surface area contributed by atoms with Crippen LogP contribution in [0.1, 0.15) is 52.9 Å². The van der Waals surface area contributed by atoms with Crippen molar-refractivity contribution in [1.29, 1.82) is 0 Å². The first-order chi connectivity index (χ1) is 11.7. The number of carbonyl (C=O) groups is 3. The standard InChI is InChI=1S/C20H26O5/c1-12-4-7-20(3)15(17(22)23)10-14(21)11-16(20)19(12,2)8-5-13-6-9-25-18(13)24/h6,10,12,16H,4-5,7-9,11H2,1-3H3,(H,22,23)/t12-,16?,19+,20+/m1/s1. The molecule has 25 heavy (non-hydrogen) atoms. The number of hydrogen-bond acceptors (Lipinski definition) is 4. The summed E-state index contributed by atoms with van der Waals surface area (Å²) in [4.78, 5) is 35.8. The van der Waals surface area contributed by atoms with Crippen LogP contribution in [0.25, 0.3) is 0 Å². The van der Waals surface area contributed by atoms with Crippen molar-refractivity contribution in [2.45, 2.75) is 52.9 Å². The zero-order valence-electron chi connectivity index (χ0n) is 15.1. The van der Waals surface area contributed by atoms with Gasteiger partial charge in [0.2, 0.25) is 0 Å². The number of esters is 1. The van der Waals surface area contributed by atoms with Crippen molar-refractivity contribution in [3.63, 3.8) is 0 Å². The zero-order chi connectivity index (χ0) is 18.4. The van der Waals surface area contributed by atoms with Crippen molar-refractivity contribution < 1.29 is 24.2 Å². The molecule has 1 N–H and O–H groups in total. The molecule has 0 bridgehead atoms. The van der Waals surface area contributed by atoms with Crippen molar-refractivity contribution in [2.24, 2.45) is 22.7 Å². The van der Waals surface area contributed by atoms with Gasteiger partial charge in [0.15, 0.2) is 5.78 Å². The zero-order valence-corrected chi connectivity index (χ0v) is 15.1. The molecule has 1 heterocycles. The average Bonchev–Trinajstić information content (AvgIpc) is 2.96. The molecule has 5 nitrogen and oxygen atoms in total. The number of ketones is 1. The summed E-state index contributed by atoms with van der Waals surface area (Å²) in [5.41, 5.74) is 0.274. The van der Waals surface area contributed by atoms with Crippen LogP contribution >= 0.6 is 0 Å². The van der Waals surface area contributed by atoms with Gasteiger partial charge in [0.05, 0.1) is 0 Å². The Morgan fingerprint density at radius 2 is 2.08 bits per heavy atom. The SMILES string of the molecule is C[C@@H]1CC[C@@]2(C)C(C(=O)O)=CC(=O)CC2[C@@]1(C)CCC1=CCOC1=O. The molecule has 0 radical (unpaired) electrons. The molecule has 1 unspecified atom stereocenters. The van der Waals surface area contributed by atoms with E-state index in [1.807, 2.05) is 13.0 Å². The van der Waals surface area contributed by atoms with Crippen LogP contribution in [0.5, 0.6) is 0 Å². The lowest BCUT2D eigenvalue weighted by Crippen LogP contribution is -2.52. The quantitative estimate of drug-likeness (QED) is 0.790. The topological polar surface area (TPSA) is 80.7 Å². The van der Waals surface area contributed by atoms with E-state index in [2.05, 4.69) is 13.8 Å². The fourth-order valence-corrected chi connectivity index (χ4v) is 5.19. The Hall–Kier alpha value is -1.91. The van der Waals surface area contributed by atoms with E-state index in [1.54, 1.807) is 0 Å². The molecule has 4 atom stereocenters. The van der Waals surface area contributed by atoms with E-state index in [9.17, 15) is 19.5 Å². The molecule has 0 aromatic heterocycles. The van der Waals surface area contributed by atoms with Gasteiger partial charge >= 0.3 is 11.9 Å². The monoisotopic (exact) mass is 346 g/mol. The molecule has 0 aromatic carbocycles. The Morgan fingerprint density at radius 3 is 2.68 bits per heavy atom. The number of fused-ring (bicyclic) bond motifs is 1. The molecule has 1 fully saturated rings. The smallest absolute Gasteiger partial charge is 0.334 e. The second-order valence-electron chi connectivity index (χ2n) is 8.28. The number of carboxylic acid groups (broad SMARTS) is 1. The molecule has 0 spiro atoms. The van der Waals surface area contributed by atoms with Gasteiger partial charge in [-0.2, -0.15) is 0 Å². The first-order valence-corrected chi connectivity index (χ1v) is 9.03. The van der Waals surface area contributed by atoms with Gasteiger partial charge < -0.3 is 9.84 Å². The van der Waals surface area contributed by atoms with Crippen molar-refractivity contribution in [3.05, 3.63) is 23.3 Å². The highest BCUT2D eigenvalue weighted by Gasteiger charge is 2.56. The summed E-state index contributed by atoms with van der Waals surface area (Å²) in [6.45, 7) is 6.69. The number of allylic oxidation sites excluding steroid dienone is 1. The van der Waals surface area contributed by atoms with E-state index in [-0.39, 0.29) is 28.7 Å². The lowest BCUT2D eigenvalue weighted by Gasteiger charge is -2.57. The summed E-state index contributed by atoms with van der Waals surface area (Å²) in [6.07, 6.45) is 6.63. The minimum absolute atomic E-state index is 0.0228. The second kappa shape index (κ2) is 6.11. The van der Waals surface area contributed by atoms with Crippen molar-refractivity contribution in [3.8, 4) is 0 Å². The van der Waals surface area contributed by atoms with Crippen LogP contribution in [-0.2, 0) is 19.1 Å². The third-order valence-electron chi connectivity index (χ3n) is 7.08. The minimum Gasteiger partial charge on any atom is -0.478 e. The Labute approximate surface area is 148 Å². The van der Waals surface area contributed by atoms with E-state index in [1.165, 1.54) is 6.08 Å². The predicted octanol–water partition coefficient (Wildman–Crippen LogP) is 3.29. The number of rotatable bonds is 4. The summed E-state index contributed by atoms with van der Waals surface area (Å²) in [6, 6.07) is 0. The van der Waals surface area contributed by atoms with Gasteiger partial charge in [0.1, 0.15) is 6.61 Å². The first kappa shape index (κ1) is 17.9. The van der Waals surface area contributed by atoms with Crippen molar-refractivity contribution in [1.82, 2.24) is 0 Å². The predicted molar refractivity (Wildman–Crippen MR) is 91.7 cm³/mol. The van der Waals surface area contributed by atoms with Gasteiger partial charge in [-0.3, -0.25) is 4.79 Å². The molecular formula is C20H26O5. The van der Waals surface area contributed by atoms with Crippen molar-refractivity contribution in [2.75, 3.05) is 6.61 Å². The van der Waals surface area contributed by atoms with E-state index in [0.29, 0.717) is 30.9 Å². The summed E-state index contributed by atoms with van der Waals surface area (Å²) in [5, 5.41) is 9.64. The van der Waals surface area contributed by atoms with Gasteiger partial charge in [-0.05, 0) is 55.1 Å². The molecule has 136 valence electrons. The third-order valence-corrected chi connectivity index (χ3v) is 7.08. The molecule has 0 amide bonds. The Bertz CT molecular complexity index is 688. The van der Waals surface area contributed by atoms with Crippen LogP contribution in [0, 0.1) is 22.7 Å². The fourth-order valence-electron chi connectivity index (χ4n) is 5.19. The highest BCUT2D eigenvalue weighted by atomic mass is 16.5. The van der Waals surface area contributed by atoms with E-state index in [0.717, 1.165) is 19.3 Å². The van der Waals surface area contributed by atoms with Crippen molar-refractivity contribution >= 4 is 17.7 Å². The van der Waals surface area contributed by atoms with Crippen LogP contribution in [0.3, 0.4) is 0 Å². The molecular weight excluding hydrogens is 320 g/mol. The molecule has 3 rings (SSSR count). The van der Waals surface area contributed by atoms with E-state index >= 15 is 0 Å². The Kier molecular flexibility index (Phi) is 4.38. The van der Waals surface area contributed by atoms with Gasteiger partial charge in [-0.1, -0.05) is 20.8 Å². The maximum absolute atomic E-state index is 12.3. The van der Waals surface area contributed by atoms with Gasteiger partial charge in [-0.15, -0.1) is 0 Å². The number of aliphatic carboxylic acids is 1. The second-order valence-corrected chi connectivity index (χ2v) is 8.28. The largest absolute Gasteiger partial charge is 0.478 e. The summed E-state index contributed by atoms with van der Waals surface area (Å²) in [7, 11) is 0. The van der Waals surface area contributed by atoms with Crippen LogP contribution in [0.2, 0.25) is 0 Å². The highest BCUT2D eigenvalue weighted by Crippen LogP contribution is 2.61. The number of carboxylic acids is 1. The first-order valence-electron chi connectivity index (χ1n) is 9.03. The van der Waals surface area contributed by atoms with Gasteiger partial charge in [0, 0.05) is 23.0 Å². The molecule has 0 aromatic rings. The number of cyclic esters (lactones) is 1. The van der Waals surface area contributed by atoms with Crippen LogP contribution in [0.15, 0.2) is 23.3 Å². The maximum atomic E-state index is 12.3. The molecule has 3 aliphatic rings. The minimum atomic E-state index is -0.987. The molecule has 1 saturated carbocycles. The molecule has 5 heteroatoms. The molecule has 2 aliphatic carbocycles. The number of hydrogen-bond donors (Lipinski definition) is 1. The summed E-state index contributed by atoms with van der Waals surface area (Å²) < 4.78 is 4.98. The third kappa shape index (κ3) is 2.83. The van der Waals surface area contributed by atoms with Crippen LogP contribution < -0.4 is 0 Å². The molecule has 0 saturated heterocycles.